The number of carbonyl (C=O) groups is 1. The van der Waals surface area contributed by atoms with E-state index in [9.17, 15) is 4.79 Å². The lowest BCUT2D eigenvalue weighted by Gasteiger charge is -2.08. The van der Waals surface area contributed by atoms with Crippen LogP contribution in [0.3, 0.4) is 0 Å². The number of nitrogens with two attached hydrogens (primary N) is 1. The van der Waals surface area contributed by atoms with Gasteiger partial charge in [0.25, 0.3) is 0 Å². The average Bonchev–Trinajstić information content (AvgIpc) is 1.91. The maximum Gasteiger partial charge on any atom is 0.120 e. The van der Waals surface area contributed by atoms with E-state index in [2.05, 4.69) is 5.43 Å². The lowest BCUT2D eigenvalue weighted by Crippen LogP contribution is -2.37. The quantitative estimate of drug-likeness (QED) is 0.249. The standard InChI is InChI=1S/C5H12N2O2/c6-7-5(4-9)2-1-3-8/h3,5,7,9H,1-2,4,6H2/t5-/m1/s1. The topological polar surface area (TPSA) is 75.3 Å². The summed E-state index contributed by atoms with van der Waals surface area (Å²) in [6, 6.07) is -0.143. The SMILES string of the molecule is NN[C@@H](CO)CCC=O. The molecule has 0 aromatic carbocycles. The fraction of sp³-hybridized carbons (Fsp3) is 0.800. The number of hydrazine groups is 1. The van der Waals surface area contributed by atoms with Crippen LogP contribution in [0.4, 0.5) is 0 Å². The average molecular weight is 132 g/mol. The molecule has 0 aliphatic carbocycles. The minimum absolute atomic E-state index is 0.0235. The molecule has 0 radical (unpaired) electrons. The van der Waals surface area contributed by atoms with Gasteiger partial charge in [0.2, 0.25) is 0 Å². The van der Waals surface area contributed by atoms with Crippen LogP contribution in [0, 0.1) is 0 Å². The molecule has 0 amide bonds. The Bertz CT molecular complexity index is 73.4. The van der Waals surface area contributed by atoms with Crippen molar-refractivity contribution in [2.45, 2.75) is 18.9 Å². The third kappa shape index (κ3) is 4.08. The number of hydrogen-bond donors (Lipinski definition) is 3. The fourth-order valence-corrected chi connectivity index (χ4v) is 0.497. The zero-order chi connectivity index (χ0) is 7.11. The molecule has 4 N–H and O–H groups in total. The third-order valence-corrected chi connectivity index (χ3v) is 1.09. The highest BCUT2D eigenvalue weighted by Gasteiger charge is 2.01. The summed E-state index contributed by atoms with van der Waals surface area (Å²) in [5.41, 5.74) is 2.38. The van der Waals surface area contributed by atoms with Crippen LogP contribution >= 0.6 is 0 Å². The van der Waals surface area contributed by atoms with Crippen LogP contribution in [0.25, 0.3) is 0 Å². The maximum absolute atomic E-state index is 9.79. The lowest BCUT2D eigenvalue weighted by molar-refractivity contribution is -0.108. The van der Waals surface area contributed by atoms with Crippen LogP contribution in [-0.4, -0.2) is 24.0 Å². The van der Waals surface area contributed by atoms with Crippen LogP contribution in [0.15, 0.2) is 0 Å². The molecular weight excluding hydrogens is 120 g/mol. The summed E-state index contributed by atoms with van der Waals surface area (Å²) in [6.45, 7) is -0.0235. The van der Waals surface area contributed by atoms with Gasteiger partial charge in [0.1, 0.15) is 6.29 Å². The summed E-state index contributed by atoms with van der Waals surface area (Å²) in [6.07, 6.45) is 1.84. The van der Waals surface area contributed by atoms with Gasteiger partial charge in [-0.1, -0.05) is 0 Å². The Balaban J connectivity index is 3.19. The van der Waals surface area contributed by atoms with E-state index >= 15 is 0 Å². The Hall–Kier alpha value is -0.450. The molecule has 54 valence electrons. The van der Waals surface area contributed by atoms with Crippen molar-refractivity contribution in [1.82, 2.24) is 5.43 Å². The normalized spacial score (nSPS) is 13.1. The largest absolute Gasteiger partial charge is 0.395 e. The van der Waals surface area contributed by atoms with Gasteiger partial charge in [-0.2, -0.15) is 0 Å². The molecule has 4 nitrogen and oxygen atoms in total. The predicted octanol–water partition coefficient (Wildman–Crippen LogP) is -1.21. The van der Waals surface area contributed by atoms with Gasteiger partial charge in [-0.25, -0.2) is 0 Å². The molecule has 0 saturated carbocycles. The lowest BCUT2D eigenvalue weighted by atomic mass is 10.2. The molecule has 0 spiro atoms. The molecule has 0 heterocycles. The monoisotopic (exact) mass is 132 g/mol. The Labute approximate surface area is 54.0 Å². The van der Waals surface area contributed by atoms with Gasteiger partial charge in [0.05, 0.1) is 6.61 Å². The molecule has 4 heteroatoms. The molecule has 0 unspecified atom stereocenters. The first kappa shape index (κ1) is 8.55. The van der Waals surface area contributed by atoms with Crippen LogP contribution in [0.5, 0.6) is 0 Å². The van der Waals surface area contributed by atoms with Gasteiger partial charge in [0, 0.05) is 12.5 Å². The summed E-state index contributed by atoms with van der Waals surface area (Å²) in [5, 5.41) is 8.49. The Kier molecular flexibility index (Phi) is 5.40. The van der Waals surface area contributed by atoms with Crippen molar-refractivity contribution >= 4 is 6.29 Å². The van der Waals surface area contributed by atoms with Crippen LogP contribution in [0.2, 0.25) is 0 Å². The molecule has 0 rings (SSSR count). The first-order chi connectivity index (χ1) is 4.35. The highest BCUT2D eigenvalue weighted by Crippen LogP contribution is 1.90. The molecule has 9 heavy (non-hydrogen) atoms. The summed E-state index contributed by atoms with van der Waals surface area (Å²) >= 11 is 0. The number of rotatable bonds is 5. The highest BCUT2D eigenvalue weighted by molar-refractivity contribution is 5.49. The molecule has 0 aromatic rings. The second kappa shape index (κ2) is 5.68. The Morgan fingerprint density at radius 2 is 2.44 bits per heavy atom. The highest BCUT2D eigenvalue weighted by atomic mass is 16.3. The smallest absolute Gasteiger partial charge is 0.120 e. The van der Waals surface area contributed by atoms with Crippen molar-refractivity contribution in [3.05, 3.63) is 0 Å². The van der Waals surface area contributed by atoms with Crippen molar-refractivity contribution in [2.75, 3.05) is 6.61 Å². The zero-order valence-electron chi connectivity index (χ0n) is 5.21. The maximum atomic E-state index is 9.79. The van der Waals surface area contributed by atoms with Crippen molar-refractivity contribution < 1.29 is 9.90 Å². The van der Waals surface area contributed by atoms with Gasteiger partial charge in [-0.15, -0.1) is 0 Å². The van der Waals surface area contributed by atoms with Gasteiger partial charge >= 0.3 is 0 Å². The van der Waals surface area contributed by atoms with E-state index in [1.54, 1.807) is 0 Å². The number of aliphatic hydroxyl groups is 1. The van der Waals surface area contributed by atoms with Crippen molar-refractivity contribution in [2.24, 2.45) is 5.84 Å². The van der Waals surface area contributed by atoms with Crippen molar-refractivity contribution in [1.29, 1.82) is 0 Å². The molecule has 0 fully saturated rings. The Morgan fingerprint density at radius 1 is 1.78 bits per heavy atom. The second-order valence-electron chi connectivity index (χ2n) is 1.79. The number of nitrogens with one attached hydrogen (secondary N) is 1. The summed E-state index contributed by atoms with van der Waals surface area (Å²) in [4.78, 5) is 9.79. The van der Waals surface area contributed by atoms with Crippen LogP contribution in [0.1, 0.15) is 12.8 Å². The molecule has 1 atom stereocenters. The van der Waals surface area contributed by atoms with E-state index < -0.39 is 0 Å². The molecule has 0 aromatic heterocycles. The van der Waals surface area contributed by atoms with Crippen molar-refractivity contribution in [3.8, 4) is 0 Å². The molecule has 0 aliphatic heterocycles. The Morgan fingerprint density at radius 3 is 2.78 bits per heavy atom. The van der Waals surface area contributed by atoms with E-state index in [4.69, 9.17) is 10.9 Å². The fourth-order valence-electron chi connectivity index (χ4n) is 0.497. The second-order valence-corrected chi connectivity index (χ2v) is 1.79. The van der Waals surface area contributed by atoms with Gasteiger partial charge in [0.15, 0.2) is 0 Å². The predicted molar refractivity (Wildman–Crippen MR) is 33.5 cm³/mol. The minimum atomic E-state index is -0.143. The molecule has 0 aliphatic rings. The van der Waals surface area contributed by atoms with Crippen molar-refractivity contribution in [3.63, 3.8) is 0 Å². The van der Waals surface area contributed by atoms with Gasteiger partial charge in [-0.3, -0.25) is 11.3 Å². The van der Waals surface area contributed by atoms with E-state index in [1.807, 2.05) is 0 Å². The molecule has 0 saturated heterocycles. The van der Waals surface area contributed by atoms with E-state index in [1.165, 1.54) is 0 Å². The summed E-state index contributed by atoms with van der Waals surface area (Å²) in [7, 11) is 0. The number of carbonyl (C=O) groups excluding carboxylic acids is 1. The van der Waals surface area contributed by atoms with Gasteiger partial charge in [-0.05, 0) is 6.42 Å². The summed E-state index contributed by atoms with van der Waals surface area (Å²) < 4.78 is 0. The van der Waals surface area contributed by atoms with Gasteiger partial charge < -0.3 is 9.90 Å². The molecule has 0 bridgehead atoms. The van der Waals surface area contributed by atoms with E-state index in [0.29, 0.717) is 12.8 Å². The number of hydrogen-bond acceptors (Lipinski definition) is 4. The van der Waals surface area contributed by atoms with Crippen LogP contribution in [-0.2, 0) is 4.79 Å². The van der Waals surface area contributed by atoms with E-state index in [-0.39, 0.29) is 12.6 Å². The first-order valence-corrected chi connectivity index (χ1v) is 2.85. The number of aldehydes is 1. The van der Waals surface area contributed by atoms with Crippen LogP contribution < -0.4 is 11.3 Å². The number of aliphatic hydroxyl groups excluding tert-OH is 1. The minimum Gasteiger partial charge on any atom is -0.395 e. The third-order valence-electron chi connectivity index (χ3n) is 1.09. The summed E-state index contributed by atoms with van der Waals surface area (Å²) in [5.74, 6) is 5.00. The molecular formula is C5H12N2O2. The van der Waals surface area contributed by atoms with E-state index in [0.717, 1.165) is 6.29 Å². The zero-order valence-corrected chi connectivity index (χ0v) is 5.21. The first-order valence-electron chi connectivity index (χ1n) is 2.85.